The molecule has 0 unspecified atom stereocenters. The number of nitriles is 1. The van der Waals surface area contributed by atoms with Crippen LogP contribution in [0.2, 0.25) is 0 Å². The number of nitrogens with one attached hydrogen (secondary N) is 1. The number of anilines is 2. The predicted octanol–water partition coefficient (Wildman–Crippen LogP) is 2.54. The molecule has 0 saturated heterocycles. The fraction of sp³-hybridized carbons (Fsp3) is 0.0667. The van der Waals surface area contributed by atoms with Crippen molar-refractivity contribution < 1.29 is 13.9 Å². The molecule has 0 heterocycles. The molecule has 6 heteroatoms. The minimum atomic E-state index is -0.635. The van der Waals surface area contributed by atoms with Crippen LogP contribution in [-0.2, 0) is 0 Å². The first-order chi connectivity index (χ1) is 10.0. The number of rotatable bonds is 3. The summed E-state index contributed by atoms with van der Waals surface area (Å²) in [6.45, 7) is 0. The number of methoxy groups -OCH3 is 1. The summed E-state index contributed by atoms with van der Waals surface area (Å²) in [7, 11) is 1.45. The van der Waals surface area contributed by atoms with Crippen molar-refractivity contribution in [3.63, 3.8) is 0 Å². The molecule has 0 bridgehead atoms. The van der Waals surface area contributed by atoms with Crippen LogP contribution in [0.1, 0.15) is 15.9 Å². The Morgan fingerprint density at radius 3 is 2.76 bits per heavy atom. The lowest BCUT2D eigenvalue weighted by Gasteiger charge is -2.09. The third kappa shape index (κ3) is 3.09. The van der Waals surface area contributed by atoms with Crippen LogP contribution in [0.15, 0.2) is 36.4 Å². The predicted molar refractivity (Wildman–Crippen MR) is 76.5 cm³/mol. The Labute approximate surface area is 120 Å². The van der Waals surface area contributed by atoms with E-state index in [0.29, 0.717) is 22.7 Å². The molecular weight excluding hydrogens is 273 g/mol. The first kappa shape index (κ1) is 14.3. The number of nitrogens with zero attached hydrogens (tertiary/aromatic N) is 1. The second kappa shape index (κ2) is 5.92. The van der Waals surface area contributed by atoms with E-state index in [1.807, 2.05) is 0 Å². The van der Waals surface area contributed by atoms with Gasteiger partial charge in [0.2, 0.25) is 0 Å². The van der Waals surface area contributed by atoms with Gasteiger partial charge < -0.3 is 15.8 Å². The molecule has 5 nitrogen and oxygen atoms in total. The Morgan fingerprint density at radius 1 is 1.33 bits per heavy atom. The molecule has 3 N–H and O–H groups in total. The third-order valence-corrected chi connectivity index (χ3v) is 2.84. The summed E-state index contributed by atoms with van der Waals surface area (Å²) in [5.74, 6) is -0.659. The van der Waals surface area contributed by atoms with E-state index in [-0.39, 0.29) is 5.56 Å². The largest absolute Gasteiger partial charge is 0.495 e. The fourth-order valence-electron chi connectivity index (χ4n) is 1.74. The minimum Gasteiger partial charge on any atom is -0.495 e. The lowest BCUT2D eigenvalue weighted by molar-refractivity contribution is 0.102. The number of ether oxygens (including phenoxy) is 1. The van der Waals surface area contributed by atoms with E-state index in [4.69, 9.17) is 15.7 Å². The second-order valence-electron chi connectivity index (χ2n) is 4.22. The Hall–Kier alpha value is -3.07. The van der Waals surface area contributed by atoms with E-state index in [2.05, 4.69) is 5.32 Å². The van der Waals surface area contributed by atoms with E-state index in [9.17, 15) is 9.18 Å². The lowest BCUT2D eigenvalue weighted by Crippen LogP contribution is -2.12. The highest BCUT2D eigenvalue weighted by Gasteiger charge is 2.10. The highest BCUT2D eigenvalue weighted by molar-refractivity contribution is 6.04. The lowest BCUT2D eigenvalue weighted by atomic mass is 10.1. The monoisotopic (exact) mass is 285 g/mol. The SMILES string of the molecule is COc1cc(C(=O)Nc2ccc(F)c(C#N)c2)ccc1N. The van der Waals surface area contributed by atoms with Gasteiger partial charge >= 0.3 is 0 Å². The molecule has 0 aromatic heterocycles. The molecule has 0 fully saturated rings. The summed E-state index contributed by atoms with van der Waals surface area (Å²) < 4.78 is 18.2. The molecule has 0 aliphatic carbocycles. The first-order valence-electron chi connectivity index (χ1n) is 5.99. The highest BCUT2D eigenvalue weighted by atomic mass is 19.1. The average molecular weight is 285 g/mol. The molecule has 2 aromatic rings. The Morgan fingerprint density at radius 2 is 2.10 bits per heavy atom. The zero-order valence-corrected chi connectivity index (χ0v) is 11.2. The van der Waals surface area contributed by atoms with Crippen LogP contribution in [-0.4, -0.2) is 13.0 Å². The molecule has 106 valence electrons. The van der Waals surface area contributed by atoms with Crippen LogP contribution in [0.3, 0.4) is 0 Å². The second-order valence-corrected chi connectivity index (χ2v) is 4.22. The van der Waals surface area contributed by atoms with Crippen molar-refractivity contribution in [1.82, 2.24) is 0 Å². The molecule has 0 radical (unpaired) electrons. The fourth-order valence-corrected chi connectivity index (χ4v) is 1.74. The first-order valence-corrected chi connectivity index (χ1v) is 5.99. The molecule has 0 spiro atoms. The molecule has 0 atom stereocenters. The van der Waals surface area contributed by atoms with Crippen molar-refractivity contribution >= 4 is 17.3 Å². The number of hydrogen-bond acceptors (Lipinski definition) is 4. The maximum atomic E-state index is 13.2. The molecule has 0 saturated carbocycles. The Balaban J connectivity index is 2.24. The molecule has 0 aliphatic rings. The number of benzene rings is 2. The molecule has 2 rings (SSSR count). The summed E-state index contributed by atoms with van der Waals surface area (Å²) in [6, 6.07) is 10.1. The zero-order valence-electron chi connectivity index (χ0n) is 11.2. The van der Waals surface area contributed by atoms with Gasteiger partial charge in [-0.15, -0.1) is 0 Å². The number of amides is 1. The zero-order chi connectivity index (χ0) is 15.4. The summed E-state index contributed by atoms with van der Waals surface area (Å²) >= 11 is 0. The Bertz CT molecular complexity index is 738. The van der Waals surface area contributed by atoms with Crippen LogP contribution in [0.25, 0.3) is 0 Å². The maximum Gasteiger partial charge on any atom is 0.255 e. The number of hydrogen-bond donors (Lipinski definition) is 2. The quantitative estimate of drug-likeness (QED) is 0.848. The van der Waals surface area contributed by atoms with Crippen LogP contribution in [0, 0.1) is 17.1 Å². The molecule has 21 heavy (non-hydrogen) atoms. The van der Waals surface area contributed by atoms with Gasteiger partial charge in [0.1, 0.15) is 17.6 Å². The summed E-state index contributed by atoms with van der Waals surface area (Å²) in [5, 5.41) is 11.3. The normalized spacial score (nSPS) is 9.76. The van der Waals surface area contributed by atoms with Crippen LogP contribution in [0.5, 0.6) is 5.75 Å². The number of halogens is 1. The summed E-state index contributed by atoms with van der Waals surface area (Å²) in [6.07, 6.45) is 0. The third-order valence-electron chi connectivity index (χ3n) is 2.84. The van der Waals surface area contributed by atoms with Gasteiger partial charge in [0.05, 0.1) is 18.4 Å². The van der Waals surface area contributed by atoms with Crippen molar-refractivity contribution in [2.45, 2.75) is 0 Å². The van der Waals surface area contributed by atoms with E-state index in [1.54, 1.807) is 18.2 Å². The standard InChI is InChI=1S/C15H12FN3O2/c1-21-14-7-9(2-5-13(14)18)15(20)19-11-3-4-12(16)10(6-11)8-17/h2-7H,18H2,1H3,(H,19,20). The van der Waals surface area contributed by atoms with Crippen LogP contribution < -0.4 is 15.8 Å². The van der Waals surface area contributed by atoms with Crippen LogP contribution in [0.4, 0.5) is 15.8 Å². The van der Waals surface area contributed by atoms with E-state index < -0.39 is 11.7 Å². The van der Waals surface area contributed by atoms with Crippen molar-refractivity contribution in [1.29, 1.82) is 5.26 Å². The molecule has 2 aromatic carbocycles. The number of nitrogen functional groups attached to an aromatic ring is 1. The van der Waals surface area contributed by atoms with E-state index >= 15 is 0 Å². The van der Waals surface area contributed by atoms with Crippen LogP contribution >= 0.6 is 0 Å². The number of carbonyl (C=O) groups excluding carboxylic acids is 1. The molecular formula is C15H12FN3O2. The van der Waals surface area contributed by atoms with Gasteiger partial charge in [-0.2, -0.15) is 5.26 Å². The van der Waals surface area contributed by atoms with Gasteiger partial charge in [0.15, 0.2) is 0 Å². The van der Waals surface area contributed by atoms with Crippen molar-refractivity contribution in [3.8, 4) is 11.8 Å². The smallest absolute Gasteiger partial charge is 0.255 e. The van der Waals surface area contributed by atoms with Crippen molar-refractivity contribution in [2.75, 3.05) is 18.2 Å². The van der Waals surface area contributed by atoms with Gasteiger partial charge in [-0.05, 0) is 36.4 Å². The van der Waals surface area contributed by atoms with Gasteiger partial charge in [-0.25, -0.2) is 4.39 Å². The number of nitrogens with two attached hydrogens (primary N) is 1. The topological polar surface area (TPSA) is 88.1 Å². The summed E-state index contributed by atoms with van der Waals surface area (Å²) in [5.41, 5.74) is 6.62. The highest BCUT2D eigenvalue weighted by Crippen LogP contribution is 2.23. The average Bonchev–Trinajstić information content (AvgIpc) is 2.49. The van der Waals surface area contributed by atoms with E-state index in [1.165, 1.54) is 25.3 Å². The van der Waals surface area contributed by atoms with Gasteiger partial charge in [0, 0.05) is 11.3 Å². The Kier molecular flexibility index (Phi) is 4.05. The maximum absolute atomic E-state index is 13.2. The van der Waals surface area contributed by atoms with E-state index in [0.717, 1.165) is 6.07 Å². The molecule has 0 aliphatic heterocycles. The molecule has 1 amide bonds. The van der Waals surface area contributed by atoms with Gasteiger partial charge in [-0.1, -0.05) is 0 Å². The minimum absolute atomic E-state index is 0.136. The summed E-state index contributed by atoms with van der Waals surface area (Å²) in [4.78, 5) is 12.1. The van der Waals surface area contributed by atoms with Crippen molar-refractivity contribution in [2.24, 2.45) is 0 Å². The van der Waals surface area contributed by atoms with Crippen molar-refractivity contribution in [3.05, 3.63) is 53.3 Å². The van der Waals surface area contributed by atoms with Gasteiger partial charge in [-0.3, -0.25) is 4.79 Å². The van der Waals surface area contributed by atoms with Gasteiger partial charge in [0.25, 0.3) is 5.91 Å². The number of carbonyl (C=O) groups is 1.